The number of amides is 1. The highest BCUT2D eigenvalue weighted by molar-refractivity contribution is 7.99. The molecule has 102 valence electrons. The van der Waals surface area contributed by atoms with Crippen molar-refractivity contribution < 1.29 is 4.79 Å². The van der Waals surface area contributed by atoms with Crippen molar-refractivity contribution in [2.45, 2.75) is 31.8 Å². The molecular formula is C15H20N2OS. The second-order valence-corrected chi connectivity index (χ2v) is 6.45. The Bertz CT molecular complexity index is 469. The van der Waals surface area contributed by atoms with Gasteiger partial charge in [0.1, 0.15) is 0 Å². The van der Waals surface area contributed by atoms with Gasteiger partial charge in [0.2, 0.25) is 0 Å². The molecule has 19 heavy (non-hydrogen) atoms. The van der Waals surface area contributed by atoms with Gasteiger partial charge in [-0.3, -0.25) is 4.79 Å². The highest BCUT2D eigenvalue weighted by Gasteiger charge is 2.20. The monoisotopic (exact) mass is 276 g/mol. The zero-order valence-electron chi connectivity index (χ0n) is 11.1. The molecule has 0 bridgehead atoms. The van der Waals surface area contributed by atoms with E-state index in [0.29, 0.717) is 6.04 Å². The average Bonchev–Trinajstić information content (AvgIpc) is 2.47. The second-order valence-electron chi connectivity index (χ2n) is 5.23. The Labute approximate surface area is 118 Å². The highest BCUT2D eigenvalue weighted by Crippen LogP contribution is 2.21. The molecule has 3 rings (SSSR count). The smallest absolute Gasteiger partial charge is 0.251 e. The van der Waals surface area contributed by atoms with E-state index in [0.717, 1.165) is 37.9 Å². The maximum atomic E-state index is 12.4. The quantitative estimate of drug-likeness (QED) is 0.867. The normalized spacial score (nSPS) is 19.8. The van der Waals surface area contributed by atoms with E-state index in [1.807, 2.05) is 23.9 Å². The van der Waals surface area contributed by atoms with Crippen LogP contribution in [0.25, 0.3) is 0 Å². The molecule has 0 radical (unpaired) electrons. The summed E-state index contributed by atoms with van der Waals surface area (Å²) in [6.07, 6.45) is 3.17. The molecule has 1 amide bonds. The molecule has 0 atom stereocenters. The fourth-order valence-corrected chi connectivity index (χ4v) is 3.96. The standard InChI is InChI=1S/C15H20N2OS/c18-15(17-12-5-8-19-9-6-12)14-3-1-2-11-10-16-7-4-13(11)14/h1-3,12,16H,4-10H2,(H,17,18). The summed E-state index contributed by atoms with van der Waals surface area (Å²) in [6, 6.07) is 6.45. The van der Waals surface area contributed by atoms with E-state index in [2.05, 4.69) is 16.7 Å². The maximum Gasteiger partial charge on any atom is 0.251 e. The van der Waals surface area contributed by atoms with Gasteiger partial charge in [0.25, 0.3) is 5.91 Å². The molecule has 1 fully saturated rings. The van der Waals surface area contributed by atoms with Crippen molar-refractivity contribution >= 4 is 17.7 Å². The lowest BCUT2D eigenvalue weighted by molar-refractivity contribution is 0.0933. The molecule has 3 nitrogen and oxygen atoms in total. The van der Waals surface area contributed by atoms with Crippen LogP contribution < -0.4 is 10.6 Å². The Morgan fingerprint density at radius 3 is 3.00 bits per heavy atom. The Morgan fingerprint density at radius 2 is 2.16 bits per heavy atom. The first-order valence-corrected chi connectivity index (χ1v) is 8.20. The fraction of sp³-hybridized carbons (Fsp3) is 0.533. The molecule has 0 aromatic heterocycles. The first-order valence-electron chi connectivity index (χ1n) is 7.04. The van der Waals surface area contributed by atoms with Gasteiger partial charge in [-0.15, -0.1) is 0 Å². The molecule has 1 aromatic carbocycles. The summed E-state index contributed by atoms with van der Waals surface area (Å²) in [5.74, 6) is 2.46. The van der Waals surface area contributed by atoms with Gasteiger partial charge in [-0.2, -0.15) is 11.8 Å². The summed E-state index contributed by atoms with van der Waals surface area (Å²) < 4.78 is 0. The topological polar surface area (TPSA) is 41.1 Å². The molecule has 0 aliphatic carbocycles. The van der Waals surface area contributed by atoms with E-state index in [1.54, 1.807) is 0 Å². The van der Waals surface area contributed by atoms with Crippen LogP contribution in [0, 0.1) is 0 Å². The van der Waals surface area contributed by atoms with Gasteiger partial charge in [-0.25, -0.2) is 0 Å². The van der Waals surface area contributed by atoms with Gasteiger partial charge in [0.15, 0.2) is 0 Å². The average molecular weight is 276 g/mol. The van der Waals surface area contributed by atoms with Crippen LogP contribution >= 0.6 is 11.8 Å². The van der Waals surface area contributed by atoms with Crippen molar-refractivity contribution in [2.75, 3.05) is 18.1 Å². The summed E-state index contributed by atoms with van der Waals surface area (Å²) in [6.45, 7) is 1.86. The largest absolute Gasteiger partial charge is 0.349 e. The molecular weight excluding hydrogens is 256 g/mol. The number of benzene rings is 1. The molecule has 1 aromatic rings. The minimum absolute atomic E-state index is 0.121. The van der Waals surface area contributed by atoms with Crippen LogP contribution in [0.4, 0.5) is 0 Å². The summed E-state index contributed by atoms with van der Waals surface area (Å²) >= 11 is 1.98. The summed E-state index contributed by atoms with van der Waals surface area (Å²) in [5, 5.41) is 6.57. The maximum absolute atomic E-state index is 12.4. The van der Waals surface area contributed by atoms with Crippen molar-refractivity contribution in [2.24, 2.45) is 0 Å². The summed E-state index contributed by atoms with van der Waals surface area (Å²) in [7, 11) is 0. The minimum atomic E-state index is 0.121. The number of hydrogen-bond acceptors (Lipinski definition) is 3. The Morgan fingerprint density at radius 1 is 1.32 bits per heavy atom. The molecule has 1 saturated heterocycles. The Hall–Kier alpha value is -1.00. The van der Waals surface area contributed by atoms with Gasteiger partial charge >= 0.3 is 0 Å². The molecule has 4 heteroatoms. The van der Waals surface area contributed by atoms with Crippen LogP contribution in [-0.2, 0) is 13.0 Å². The summed E-state index contributed by atoms with van der Waals surface area (Å²) in [4.78, 5) is 12.4. The summed E-state index contributed by atoms with van der Waals surface area (Å²) in [5.41, 5.74) is 3.40. The number of thioether (sulfide) groups is 1. The SMILES string of the molecule is O=C(NC1CCSCC1)c1cccc2c1CCNC2. The third kappa shape index (κ3) is 2.95. The van der Waals surface area contributed by atoms with Gasteiger partial charge < -0.3 is 10.6 Å². The molecule has 2 aliphatic rings. The third-order valence-corrected chi connectivity index (χ3v) is 4.99. The number of carbonyl (C=O) groups is 1. The molecule has 2 aliphatic heterocycles. The molecule has 2 N–H and O–H groups in total. The number of rotatable bonds is 2. The van der Waals surface area contributed by atoms with Crippen molar-refractivity contribution in [3.63, 3.8) is 0 Å². The van der Waals surface area contributed by atoms with E-state index >= 15 is 0 Å². The van der Waals surface area contributed by atoms with Crippen LogP contribution in [-0.4, -0.2) is 30.0 Å². The lowest BCUT2D eigenvalue weighted by Crippen LogP contribution is -2.38. The number of nitrogens with one attached hydrogen (secondary N) is 2. The van der Waals surface area contributed by atoms with Crippen LogP contribution in [0.3, 0.4) is 0 Å². The lowest BCUT2D eigenvalue weighted by atomic mass is 9.95. The molecule has 0 unspecified atom stereocenters. The number of fused-ring (bicyclic) bond motifs is 1. The molecule has 2 heterocycles. The predicted molar refractivity (Wildman–Crippen MR) is 79.7 cm³/mol. The molecule has 0 saturated carbocycles. The van der Waals surface area contributed by atoms with Gasteiger partial charge in [0.05, 0.1) is 0 Å². The van der Waals surface area contributed by atoms with E-state index in [1.165, 1.54) is 22.6 Å². The Kier molecular flexibility index (Phi) is 4.09. The van der Waals surface area contributed by atoms with Crippen LogP contribution in [0.2, 0.25) is 0 Å². The zero-order chi connectivity index (χ0) is 13.1. The Balaban J connectivity index is 1.75. The first-order chi connectivity index (χ1) is 9.34. The van der Waals surface area contributed by atoms with Crippen molar-refractivity contribution in [3.8, 4) is 0 Å². The zero-order valence-corrected chi connectivity index (χ0v) is 11.9. The lowest BCUT2D eigenvalue weighted by Gasteiger charge is -2.24. The van der Waals surface area contributed by atoms with E-state index in [9.17, 15) is 4.79 Å². The predicted octanol–water partition coefficient (Wildman–Crippen LogP) is 1.96. The van der Waals surface area contributed by atoms with Gasteiger partial charge in [-0.05, 0) is 54.5 Å². The number of hydrogen-bond donors (Lipinski definition) is 2. The van der Waals surface area contributed by atoms with E-state index < -0.39 is 0 Å². The van der Waals surface area contributed by atoms with Crippen molar-refractivity contribution in [3.05, 3.63) is 34.9 Å². The van der Waals surface area contributed by atoms with E-state index in [4.69, 9.17) is 0 Å². The van der Waals surface area contributed by atoms with Crippen LogP contribution in [0.15, 0.2) is 18.2 Å². The fourth-order valence-electron chi connectivity index (χ4n) is 2.85. The highest BCUT2D eigenvalue weighted by atomic mass is 32.2. The number of carbonyl (C=O) groups excluding carboxylic acids is 1. The van der Waals surface area contributed by atoms with Crippen LogP contribution in [0.1, 0.15) is 34.3 Å². The molecule has 0 spiro atoms. The van der Waals surface area contributed by atoms with Crippen LogP contribution in [0.5, 0.6) is 0 Å². The van der Waals surface area contributed by atoms with Gasteiger partial charge in [-0.1, -0.05) is 12.1 Å². The van der Waals surface area contributed by atoms with Crippen molar-refractivity contribution in [1.29, 1.82) is 0 Å². The third-order valence-electron chi connectivity index (χ3n) is 3.94. The second kappa shape index (κ2) is 5.97. The van der Waals surface area contributed by atoms with E-state index in [-0.39, 0.29) is 5.91 Å². The van der Waals surface area contributed by atoms with Gasteiger partial charge in [0, 0.05) is 18.2 Å². The van der Waals surface area contributed by atoms with Crippen molar-refractivity contribution in [1.82, 2.24) is 10.6 Å². The minimum Gasteiger partial charge on any atom is -0.349 e. The first kappa shape index (κ1) is 13.0.